The maximum absolute atomic E-state index is 12.4. The number of rotatable bonds is 17. The fourth-order valence-corrected chi connectivity index (χ4v) is 2.86. The number of carbonyl (C=O) groups excluding carboxylic acids is 1. The number of nitrogens with zero attached hydrogens (tertiary/aromatic N) is 1. The van der Waals surface area contributed by atoms with E-state index in [1.807, 2.05) is 0 Å². The van der Waals surface area contributed by atoms with Crippen LogP contribution in [0.1, 0.15) is 18.9 Å². The Balaban J connectivity index is 2.53. The molecule has 0 heterocycles. The van der Waals surface area contributed by atoms with Gasteiger partial charge in [0.05, 0.1) is 13.2 Å². The lowest BCUT2D eigenvalue weighted by atomic mass is 10.1. The van der Waals surface area contributed by atoms with Crippen LogP contribution in [0.5, 0.6) is 5.75 Å². The Morgan fingerprint density at radius 3 is 2.41 bits per heavy atom. The number of carbonyl (C=O) groups is 2. The van der Waals surface area contributed by atoms with Crippen molar-refractivity contribution in [2.75, 3.05) is 59.8 Å². The Kier molecular flexibility index (Phi) is 14.0. The summed E-state index contributed by atoms with van der Waals surface area (Å²) in [6, 6.07) is 6.46. The van der Waals surface area contributed by atoms with Gasteiger partial charge in [0.15, 0.2) is 6.10 Å². The molecule has 1 rings (SSSR count). The van der Waals surface area contributed by atoms with Crippen molar-refractivity contribution in [3.8, 4) is 5.75 Å². The molecule has 0 radical (unpaired) electrons. The second-order valence-corrected chi connectivity index (χ2v) is 7.21. The Morgan fingerprint density at radius 1 is 1.12 bits per heavy atom. The van der Waals surface area contributed by atoms with Gasteiger partial charge in [-0.3, -0.25) is 0 Å². The van der Waals surface area contributed by atoms with Crippen molar-refractivity contribution in [1.82, 2.24) is 10.2 Å². The average Bonchev–Trinajstić information content (AvgIpc) is 2.77. The zero-order chi connectivity index (χ0) is 25.4. The first kappa shape index (κ1) is 29.5. The number of carboxylic acids is 1. The molecule has 9 nitrogen and oxygen atoms in total. The third kappa shape index (κ3) is 13.2. The van der Waals surface area contributed by atoms with E-state index in [1.165, 1.54) is 12.0 Å². The van der Waals surface area contributed by atoms with Crippen molar-refractivity contribution in [2.24, 2.45) is 0 Å². The van der Waals surface area contributed by atoms with Crippen LogP contribution in [0.4, 0.5) is 18.0 Å². The van der Waals surface area contributed by atoms with E-state index in [1.54, 1.807) is 31.2 Å². The summed E-state index contributed by atoms with van der Waals surface area (Å²) in [4.78, 5) is 25.0. The van der Waals surface area contributed by atoms with Gasteiger partial charge in [-0.1, -0.05) is 12.1 Å². The van der Waals surface area contributed by atoms with Crippen molar-refractivity contribution >= 4 is 12.0 Å². The quantitative estimate of drug-likeness (QED) is 0.321. The standard InChI is InChI=1S/C22H33F3N2O7/c1-3-33-19(20(28)29)15-17-5-7-18(8-6-17)34-14-11-27(21(30)26-9-13-31-2)10-4-12-32-16-22(23,24)25/h5-8,19H,3-4,9-16H2,1-2H3,(H,26,30)(H,28,29). The Labute approximate surface area is 197 Å². The summed E-state index contributed by atoms with van der Waals surface area (Å²) < 4.78 is 56.9. The monoisotopic (exact) mass is 494 g/mol. The van der Waals surface area contributed by atoms with E-state index in [9.17, 15) is 27.9 Å². The fraction of sp³-hybridized carbons (Fsp3) is 0.636. The average molecular weight is 495 g/mol. The number of aliphatic carboxylic acids is 1. The van der Waals surface area contributed by atoms with Crippen LogP contribution in [-0.2, 0) is 25.4 Å². The van der Waals surface area contributed by atoms with Crippen molar-refractivity contribution < 1.29 is 46.8 Å². The smallest absolute Gasteiger partial charge is 0.411 e. The summed E-state index contributed by atoms with van der Waals surface area (Å²) in [5.74, 6) is -0.505. The van der Waals surface area contributed by atoms with Crippen LogP contribution in [0, 0.1) is 0 Å². The first-order chi connectivity index (χ1) is 16.2. The second kappa shape index (κ2) is 16.1. The summed E-state index contributed by atoms with van der Waals surface area (Å²) >= 11 is 0. The third-order valence-corrected chi connectivity index (χ3v) is 4.47. The first-order valence-corrected chi connectivity index (χ1v) is 10.9. The molecule has 0 spiro atoms. The molecule has 0 saturated heterocycles. The van der Waals surface area contributed by atoms with Gasteiger partial charge in [0.1, 0.15) is 19.0 Å². The number of amides is 2. The van der Waals surface area contributed by atoms with E-state index in [0.717, 1.165) is 5.56 Å². The number of alkyl halides is 3. The maximum atomic E-state index is 12.4. The van der Waals surface area contributed by atoms with Gasteiger partial charge in [-0.2, -0.15) is 13.2 Å². The van der Waals surface area contributed by atoms with E-state index in [-0.39, 0.29) is 51.7 Å². The molecule has 0 fully saturated rings. The molecule has 194 valence electrons. The molecular weight excluding hydrogens is 461 g/mol. The van der Waals surface area contributed by atoms with Crippen LogP contribution in [0.3, 0.4) is 0 Å². The van der Waals surface area contributed by atoms with Crippen molar-refractivity contribution in [1.29, 1.82) is 0 Å². The molecule has 34 heavy (non-hydrogen) atoms. The first-order valence-electron chi connectivity index (χ1n) is 10.9. The number of halogens is 3. The van der Waals surface area contributed by atoms with Crippen LogP contribution in [0.15, 0.2) is 24.3 Å². The fourth-order valence-electron chi connectivity index (χ4n) is 2.86. The molecule has 1 unspecified atom stereocenters. The highest BCUT2D eigenvalue weighted by Crippen LogP contribution is 2.15. The Morgan fingerprint density at radius 2 is 1.82 bits per heavy atom. The van der Waals surface area contributed by atoms with E-state index in [2.05, 4.69) is 10.1 Å². The SMILES string of the molecule is CCOC(Cc1ccc(OCCN(CCCOCC(F)(F)F)C(=O)NCCOC)cc1)C(=O)O. The highest BCUT2D eigenvalue weighted by molar-refractivity contribution is 5.74. The van der Waals surface area contributed by atoms with Gasteiger partial charge in [-0.25, -0.2) is 9.59 Å². The highest BCUT2D eigenvalue weighted by Gasteiger charge is 2.27. The lowest BCUT2D eigenvalue weighted by molar-refractivity contribution is -0.174. The highest BCUT2D eigenvalue weighted by atomic mass is 19.4. The lowest BCUT2D eigenvalue weighted by Gasteiger charge is -2.23. The summed E-state index contributed by atoms with van der Waals surface area (Å²) in [5, 5.41) is 11.8. The van der Waals surface area contributed by atoms with Crippen LogP contribution >= 0.6 is 0 Å². The number of hydrogen-bond acceptors (Lipinski definition) is 6. The molecular formula is C22H33F3N2O7. The van der Waals surface area contributed by atoms with Crippen LogP contribution in [-0.4, -0.2) is 94.1 Å². The minimum atomic E-state index is -4.39. The van der Waals surface area contributed by atoms with Crippen LogP contribution in [0.25, 0.3) is 0 Å². The molecule has 0 saturated carbocycles. The van der Waals surface area contributed by atoms with Gasteiger partial charge < -0.3 is 34.3 Å². The molecule has 2 N–H and O–H groups in total. The molecule has 0 aliphatic rings. The van der Waals surface area contributed by atoms with Crippen molar-refractivity contribution in [3.05, 3.63) is 29.8 Å². The minimum Gasteiger partial charge on any atom is -0.492 e. The number of nitrogens with one attached hydrogen (secondary N) is 1. The predicted octanol–water partition coefficient (Wildman–Crippen LogP) is 2.72. The number of urea groups is 1. The number of ether oxygens (including phenoxy) is 4. The largest absolute Gasteiger partial charge is 0.492 e. The Bertz CT molecular complexity index is 717. The number of methoxy groups -OCH3 is 1. The zero-order valence-electron chi connectivity index (χ0n) is 19.4. The molecule has 1 aromatic carbocycles. The molecule has 0 aliphatic heterocycles. The Hall–Kier alpha value is -2.57. The van der Waals surface area contributed by atoms with Gasteiger partial charge in [-0.05, 0) is 31.0 Å². The van der Waals surface area contributed by atoms with Crippen LogP contribution in [0.2, 0.25) is 0 Å². The zero-order valence-corrected chi connectivity index (χ0v) is 19.4. The van der Waals surface area contributed by atoms with Crippen molar-refractivity contribution in [3.63, 3.8) is 0 Å². The van der Waals surface area contributed by atoms with Crippen LogP contribution < -0.4 is 10.1 Å². The molecule has 0 bridgehead atoms. The van der Waals surface area contributed by atoms with Gasteiger partial charge in [0, 0.05) is 39.8 Å². The number of hydrogen-bond donors (Lipinski definition) is 2. The van der Waals surface area contributed by atoms with E-state index >= 15 is 0 Å². The molecule has 0 aromatic heterocycles. The molecule has 2 amide bonds. The van der Waals surface area contributed by atoms with E-state index in [0.29, 0.717) is 19.0 Å². The summed E-state index contributed by atoms with van der Waals surface area (Å²) in [7, 11) is 1.50. The number of benzene rings is 1. The normalized spacial score (nSPS) is 12.3. The van der Waals surface area contributed by atoms with E-state index in [4.69, 9.17) is 14.2 Å². The summed E-state index contributed by atoms with van der Waals surface area (Å²) in [6.45, 7) is 1.70. The maximum Gasteiger partial charge on any atom is 0.411 e. The number of carboxylic acid groups (broad SMARTS) is 1. The van der Waals surface area contributed by atoms with Gasteiger partial charge in [0.25, 0.3) is 0 Å². The summed E-state index contributed by atoms with van der Waals surface area (Å²) in [6.07, 6.45) is -4.87. The molecule has 12 heteroatoms. The van der Waals surface area contributed by atoms with Gasteiger partial charge in [0.2, 0.25) is 0 Å². The van der Waals surface area contributed by atoms with Gasteiger partial charge >= 0.3 is 18.2 Å². The van der Waals surface area contributed by atoms with E-state index < -0.39 is 24.9 Å². The molecule has 0 aliphatic carbocycles. The lowest BCUT2D eigenvalue weighted by Crippen LogP contribution is -2.43. The predicted molar refractivity (Wildman–Crippen MR) is 117 cm³/mol. The van der Waals surface area contributed by atoms with Crippen molar-refractivity contribution in [2.45, 2.75) is 32.0 Å². The third-order valence-electron chi connectivity index (χ3n) is 4.47. The minimum absolute atomic E-state index is 0.136. The molecule has 1 aromatic rings. The second-order valence-electron chi connectivity index (χ2n) is 7.21. The summed E-state index contributed by atoms with van der Waals surface area (Å²) in [5.41, 5.74) is 0.770. The topological polar surface area (TPSA) is 107 Å². The van der Waals surface area contributed by atoms with Gasteiger partial charge in [-0.15, -0.1) is 0 Å². The molecule has 1 atom stereocenters.